The fourth-order valence-electron chi connectivity index (χ4n) is 3.11. The number of nitrogens with one attached hydrogen (secondary N) is 1. The van der Waals surface area contributed by atoms with E-state index in [2.05, 4.69) is 10.1 Å². The van der Waals surface area contributed by atoms with Crippen LogP contribution in [0, 0.1) is 0 Å². The number of imide groups is 1. The van der Waals surface area contributed by atoms with Gasteiger partial charge in [0.1, 0.15) is 0 Å². The van der Waals surface area contributed by atoms with Crippen molar-refractivity contribution in [2.45, 2.75) is 6.61 Å². The number of benzene rings is 2. The molecule has 1 aliphatic rings. The molecule has 0 spiro atoms. The van der Waals surface area contributed by atoms with Crippen LogP contribution in [0.25, 0.3) is 6.08 Å². The number of rotatable bonds is 9. The number of carbonyl (C=O) groups is 3. The van der Waals surface area contributed by atoms with Gasteiger partial charge >= 0.3 is 6.61 Å². The Morgan fingerprint density at radius 3 is 2.47 bits per heavy atom. The van der Waals surface area contributed by atoms with Crippen molar-refractivity contribution in [1.29, 1.82) is 0 Å². The number of carbonyl (C=O) groups excluding carboxylic acids is 3. The van der Waals surface area contributed by atoms with Gasteiger partial charge in [-0.2, -0.15) is 8.78 Å². The lowest BCUT2D eigenvalue weighted by Crippen LogP contribution is -2.37. The summed E-state index contributed by atoms with van der Waals surface area (Å²) in [6, 6.07) is 11.2. The third kappa shape index (κ3) is 6.04. The van der Waals surface area contributed by atoms with Crippen LogP contribution in [0.15, 0.2) is 47.4 Å². The van der Waals surface area contributed by atoms with E-state index in [0.29, 0.717) is 11.1 Å². The standard InChI is InChI=1S/C23H23F2N3O5S/c1-27(2)16-7-5-15(6-8-16)20(29)26-10-11-28-21(30)19(34-23(28)31)13-14-4-9-17(33-22(24)25)18(12-14)32-3/h4-9,12-13,22H,10-11H2,1-3H3,(H,26,29)/b19-13-. The van der Waals surface area contributed by atoms with Gasteiger partial charge in [0.2, 0.25) is 0 Å². The van der Waals surface area contributed by atoms with Crippen molar-refractivity contribution in [2.24, 2.45) is 0 Å². The minimum Gasteiger partial charge on any atom is -0.493 e. The van der Waals surface area contributed by atoms with Crippen molar-refractivity contribution in [3.8, 4) is 11.5 Å². The van der Waals surface area contributed by atoms with Gasteiger partial charge in [0.05, 0.1) is 12.0 Å². The summed E-state index contributed by atoms with van der Waals surface area (Å²) in [6.45, 7) is -2.91. The number of alkyl halides is 2. The zero-order valence-electron chi connectivity index (χ0n) is 18.7. The predicted molar refractivity (Wildman–Crippen MR) is 125 cm³/mol. The van der Waals surface area contributed by atoms with Gasteiger partial charge in [-0.3, -0.25) is 19.3 Å². The highest BCUT2D eigenvalue weighted by Gasteiger charge is 2.34. The molecule has 0 atom stereocenters. The van der Waals surface area contributed by atoms with Crippen molar-refractivity contribution in [2.75, 3.05) is 39.2 Å². The quantitative estimate of drug-likeness (QED) is 0.534. The summed E-state index contributed by atoms with van der Waals surface area (Å²) in [6.07, 6.45) is 1.46. The number of ether oxygens (including phenoxy) is 2. The monoisotopic (exact) mass is 491 g/mol. The smallest absolute Gasteiger partial charge is 0.387 e. The fourth-order valence-corrected chi connectivity index (χ4v) is 3.97. The Balaban J connectivity index is 1.61. The molecule has 8 nitrogen and oxygen atoms in total. The van der Waals surface area contributed by atoms with Crippen LogP contribution in [-0.2, 0) is 4.79 Å². The van der Waals surface area contributed by atoms with E-state index >= 15 is 0 Å². The highest BCUT2D eigenvalue weighted by atomic mass is 32.2. The molecule has 0 saturated carbocycles. The first-order valence-corrected chi connectivity index (χ1v) is 10.9. The van der Waals surface area contributed by atoms with Crippen LogP contribution in [0.1, 0.15) is 15.9 Å². The molecular weight excluding hydrogens is 468 g/mol. The summed E-state index contributed by atoms with van der Waals surface area (Å²) in [5.74, 6) is -0.901. The highest BCUT2D eigenvalue weighted by molar-refractivity contribution is 8.18. The number of halogens is 2. The third-order valence-electron chi connectivity index (χ3n) is 4.84. The maximum absolute atomic E-state index is 12.7. The third-order valence-corrected chi connectivity index (χ3v) is 5.75. The van der Waals surface area contributed by atoms with E-state index < -0.39 is 17.8 Å². The molecule has 0 unspecified atom stereocenters. The fraction of sp³-hybridized carbons (Fsp3) is 0.261. The van der Waals surface area contributed by atoms with Gasteiger partial charge in [-0.25, -0.2) is 0 Å². The van der Waals surface area contributed by atoms with Gasteiger partial charge < -0.3 is 19.7 Å². The number of nitrogens with zero attached hydrogens (tertiary/aromatic N) is 2. The van der Waals surface area contributed by atoms with E-state index in [0.717, 1.165) is 22.3 Å². The second-order valence-corrected chi connectivity index (χ2v) is 8.31. The average molecular weight is 492 g/mol. The summed E-state index contributed by atoms with van der Waals surface area (Å²) < 4.78 is 34.4. The Hall–Kier alpha value is -3.60. The molecule has 34 heavy (non-hydrogen) atoms. The summed E-state index contributed by atoms with van der Waals surface area (Å²) in [4.78, 5) is 40.4. The molecule has 1 aliphatic heterocycles. The van der Waals surface area contributed by atoms with Crippen LogP contribution in [-0.4, -0.2) is 62.9 Å². The van der Waals surface area contributed by atoms with E-state index in [1.54, 1.807) is 12.1 Å². The Labute approximate surface area is 199 Å². The minimum absolute atomic E-state index is 0.00795. The van der Waals surface area contributed by atoms with Gasteiger partial charge in [0, 0.05) is 38.4 Å². The number of anilines is 1. The number of amides is 3. The molecule has 3 rings (SSSR count). The number of thioether (sulfide) groups is 1. The Morgan fingerprint density at radius 2 is 1.85 bits per heavy atom. The normalized spacial score (nSPS) is 14.6. The molecule has 0 aliphatic carbocycles. The second kappa shape index (κ2) is 11.0. The molecule has 1 fully saturated rings. The molecule has 0 radical (unpaired) electrons. The lowest BCUT2D eigenvalue weighted by Gasteiger charge is -2.14. The Bertz CT molecular complexity index is 1110. The first-order valence-electron chi connectivity index (χ1n) is 10.1. The van der Waals surface area contributed by atoms with Gasteiger partial charge in [0.15, 0.2) is 11.5 Å². The molecule has 1 N–H and O–H groups in total. The van der Waals surface area contributed by atoms with E-state index in [1.807, 2.05) is 31.1 Å². The van der Waals surface area contributed by atoms with E-state index in [4.69, 9.17) is 4.74 Å². The first-order chi connectivity index (χ1) is 16.2. The van der Waals surface area contributed by atoms with E-state index in [9.17, 15) is 23.2 Å². The van der Waals surface area contributed by atoms with Gasteiger partial charge in [0.25, 0.3) is 17.1 Å². The largest absolute Gasteiger partial charge is 0.493 e. The van der Waals surface area contributed by atoms with Crippen molar-refractivity contribution in [3.63, 3.8) is 0 Å². The second-order valence-electron chi connectivity index (χ2n) is 7.32. The molecule has 1 saturated heterocycles. The number of hydrogen-bond acceptors (Lipinski definition) is 7. The van der Waals surface area contributed by atoms with Crippen LogP contribution in [0.4, 0.5) is 19.3 Å². The molecule has 180 valence electrons. The summed E-state index contributed by atoms with van der Waals surface area (Å²) in [5.41, 5.74) is 1.89. The predicted octanol–water partition coefficient (Wildman–Crippen LogP) is 3.83. The molecule has 3 amide bonds. The van der Waals surface area contributed by atoms with Crippen molar-refractivity contribution in [3.05, 3.63) is 58.5 Å². The maximum atomic E-state index is 12.7. The van der Waals surface area contributed by atoms with Crippen LogP contribution in [0.5, 0.6) is 11.5 Å². The molecule has 1 heterocycles. The van der Waals surface area contributed by atoms with E-state index in [1.165, 1.54) is 31.4 Å². The van der Waals surface area contributed by atoms with Crippen LogP contribution in [0.2, 0.25) is 0 Å². The van der Waals surface area contributed by atoms with Gasteiger partial charge in [-0.15, -0.1) is 0 Å². The maximum Gasteiger partial charge on any atom is 0.387 e. The van der Waals surface area contributed by atoms with Crippen LogP contribution < -0.4 is 19.7 Å². The first kappa shape index (κ1) is 25.0. The van der Waals surface area contributed by atoms with Gasteiger partial charge in [-0.05, 0) is 59.8 Å². The van der Waals surface area contributed by atoms with Crippen molar-refractivity contribution in [1.82, 2.24) is 10.2 Å². The topological polar surface area (TPSA) is 88.2 Å². The minimum atomic E-state index is -3.01. The Kier molecular flexibility index (Phi) is 8.11. The zero-order valence-corrected chi connectivity index (χ0v) is 19.5. The average Bonchev–Trinajstić information content (AvgIpc) is 3.06. The lowest BCUT2D eigenvalue weighted by atomic mass is 10.2. The van der Waals surface area contributed by atoms with Gasteiger partial charge in [-0.1, -0.05) is 6.07 Å². The number of methoxy groups -OCH3 is 1. The van der Waals surface area contributed by atoms with Crippen LogP contribution in [0.3, 0.4) is 0 Å². The Morgan fingerprint density at radius 1 is 1.15 bits per heavy atom. The molecule has 11 heteroatoms. The molecule has 0 bridgehead atoms. The van der Waals surface area contributed by atoms with Crippen molar-refractivity contribution >= 4 is 40.6 Å². The lowest BCUT2D eigenvalue weighted by molar-refractivity contribution is -0.122. The van der Waals surface area contributed by atoms with Crippen LogP contribution >= 0.6 is 11.8 Å². The molecule has 0 aromatic heterocycles. The summed E-state index contributed by atoms with van der Waals surface area (Å²) in [5, 5.41) is 2.23. The van der Waals surface area contributed by atoms with Crippen molar-refractivity contribution < 1.29 is 32.6 Å². The molecular formula is C23H23F2N3O5S. The molecule has 2 aromatic rings. The highest BCUT2D eigenvalue weighted by Crippen LogP contribution is 2.34. The number of hydrogen-bond donors (Lipinski definition) is 1. The molecule has 2 aromatic carbocycles. The summed E-state index contributed by atoms with van der Waals surface area (Å²) in [7, 11) is 5.09. The zero-order chi connectivity index (χ0) is 24.8. The van der Waals surface area contributed by atoms with E-state index in [-0.39, 0.29) is 35.4 Å². The summed E-state index contributed by atoms with van der Waals surface area (Å²) >= 11 is 0.754. The SMILES string of the molecule is COc1cc(/C=C2\SC(=O)N(CCNC(=O)c3ccc(N(C)C)cc3)C2=O)ccc1OC(F)F.